The Labute approximate surface area is 130 Å². The van der Waals surface area contributed by atoms with Crippen LogP contribution in [0.4, 0.5) is 0 Å². The topological polar surface area (TPSA) is 18.5 Å². The van der Waals surface area contributed by atoms with Crippen LogP contribution in [0, 0.1) is 11.8 Å². The maximum Gasteiger partial charge on any atom is 0.188 e. The predicted octanol–water partition coefficient (Wildman–Crippen LogP) is 5.25. The van der Waals surface area contributed by atoms with Crippen molar-refractivity contribution in [2.75, 3.05) is 13.2 Å². The highest BCUT2D eigenvalue weighted by atomic mass is 16.7. The lowest BCUT2D eigenvalue weighted by molar-refractivity contribution is -0.206. The zero-order chi connectivity index (χ0) is 15.3. The average molecular weight is 292 g/mol. The molecule has 0 saturated carbocycles. The first-order valence-corrected chi connectivity index (χ1v) is 8.81. The molecular weight excluding hydrogens is 260 g/mol. The van der Waals surface area contributed by atoms with Gasteiger partial charge in [-0.3, -0.25) is 0 Å². The second-order valence-corrected chi connectivity index (χ2v) is 6.69. The lowest BCUT2D eigenvalue weighted by atomic mass is 9.79. The standard InChI is InChI=1S/C19H32O2/c1-5-20-19(21-6-2)12-8-11-18(14-19)17-10-7-9-16(13-17)15(3)4/h13-16H,5-12H2,1-4H3. The molecule has 2 nitrogen and oxygen atoms in total. The van der Waals surface area contributed by atoms with Gasteiger partial charge in [0.15, 0.2) is 5.79 Å². The van der Waals surface area contributed by atoms with Crippen molar-refractivity contribution in [3.63, 3.8) is 0 Å². The molecule has 0 aromatic rings. The van der Waals surface area contributed by atoms with Gasteiger partial charge in [-0.2, -0.15) is 0 Å². The van der Waals surface area contributed by atoms with E-state index in [1.54, 1.807) is 5.57 Å². The molecule has 0 bridgehead atoms. The molecule has 0 aromatic heterocycles. The van der Waals surface area contributed by atoms with Crippen molar-refractivity contribution in [3.8, 4) is 0 Å². The molecule has 0 aliphatic heterocycles. The molecule has 0 aromatic carbocycles. The summed E-state index contributed by atoms with van der Waals surface area (Å²) >= 11 is 0. The van der Waals surface area contributed by atoms with Gasteiger partial charge in [0, 0.05) is 19.6 Å². The third-order valence-corrected chi connectivity index (χ3v) is 4.81. The lowest BCUT2D eigenvalue weighted by Crippen LogP contribution is -2.36. The molecule has 0 radical (unpaired) electrons. The average Bonchev–Trinajstić information content (AvgIpc) is 2.48. The molecule has 0 spiro atoms. The van der Waals surface area contributed by atoms with Crippen LogP contribution in [0.25, 0.3) is 0 Å². The van der Waals surface area contributed by atoms with Crippen LogP contribution < -0.4 is 0 Å². The molecule has 2 rings (SSSR count). The Hall–Kier alpha value is -0.600. The quantitative estimate of drug-likeness (QED) is 0.623. The Balaban J connectivity index is 2.23. The van der Waals surface area contributed by atoms with Gasteiger partial charge < -0.3 is 9.47 Å². The minimum Gasteiger partial charge on any atom is -0.347 e. The second-order valence-electron chi connectivity index (χ2n) is 6.69. The fraction of sp³-hybridized carbons (Fsp3) is 0.789. The zero-order valence-electron chi connectivity index (χ0n) is 14.3. The summed E-state index contributed by atoms with van der Waals surface area (Å²) in [6, 6.07) is 0. The molecule has 1 atom stereocenters. The van der Waals surface area contributed by atoms with Crippen molar-refractivity contribution >= 4 is 0 Å². The summed E-state index contributed by atoms with van der Waals surface area (Å²) < 4.78 is 12.0. The van der Waals surface area contributed by atoms with Crippen LogP contribution >= 0.6 is 0 Å². The van der Waals surface area contributed by atoms with Crippen LogP contribution in [0.1, 0.15) is 66.2 Å². The summed E-state index contributed by atoms with van der Waals surface area (Å²) in [7, 11) is 0. The molecule has 0 heterocycles. The van der Waals surface area contributed by atoms with Crippen molar-refractivity contribution < 1.29 is 9.47 Å². The fourth-order valence-electron chi connectivity index (χ4n) is 3.69. The van der Waals surface area contributed by atoms with Crippen LogP contribution in [0.5, 0.6) is 0 Å². The van der Waals surface area contributed by atoms with Gasteiger partial charge in [0.2, 0.25) is 0 Å². The van der Waals surface area contributed by atoms with Crippen molar-refractivity contribution in [3.05, 3.63) is 23.3 Å². The minimum absolute atomic E-state index is 0.470. The number of hydrogen-bond donors (Lipinski definition) is 0. The zero-order valence-corrected chi connectivity index (χ0v) is 14.3. The third kappa shape index (κ3) is 4.20. The highest BCUT2D eigenvalue weighted by molar-refractivity contribution is 5.35. The van der Waals surface area contributed by atoms with Crippen LogP contribution in [-0.2, 0) is 9.47 Å². The summed E-state index contributed by atoms with van der Waals surface area (Å²) in [5.74, 6) is 1.01. The summed E-state index contributed by atoms with van der Waals surface area (Å²) in [6.45, 7) is 10.2. The van der Waals surface area contributed by atoms with Crippen molar-refractivity contribution in [1.82, 2.24) is 0 Å². The lowest BCUT2D eigenvalue weighted by Gasteiger charge is -2.36. The molecule has 2 aliphatic rings. The van der Waals surface area contributed by atoms with E-state index in [-0.39, 0.29) is 0 Å². The Morgan fingerprint density at radius 2 is 1.76 bits per heavy atom. The van der Waals surface area contributed by atoms with Gasteiger partial charge in [0.1, 0.15) is 0 Å². The first-order valence-electron chi connectivity index (χ1n) is 8.81. The van der Waals surface area contributed by atoms with Crippen LogP contribution in [0.15, 0.2) is 23.3 Å². The Bertz CT molecular complexity index is 386. The highest BCUT2D eigenvalue weighted by Crippen LogP contribution is 2.39. The van der Waals surface area contributed by atoms with Gasteiger partial charge in [-0.15, -0.1) is 0 Å². The van der Waals surface area contributed by atoms with Gasteiger partial charge in [0.25, 0.3) is 0 Å². The summed E-state index contributed by atoms with van der Waals surface area (Å²) in [5.41, 5.74) is 3.04. The molecule has 0 N–H and O–H groups in total. The van der Waals surface area contributed by atoms with Gasteiger partial charge in [0.05, 0.1) is 0 Å². The van der Waals surface area contributed by atoms with E-state index >= 15 is 0 Å². The van der Waals surface area contributed by atoms with Gasteiger partial charge in [-0.25, -0.2) is 0 Å². The van der Waals surface area contributed by atoms with Crippen LogP contribution in [-0.4, -0.2) is 19.0 Å². The SMILES string of the molecule is CCOC1(OCC)C=C(C2=CC(C(C)C)CCC2)CCC1. The number of hydrogen-bond acceptors (Lipinski definition) is 2. The van der Waals surface area contributed by atoms with E-state index in [1.165, 1.54) is 31.3 Å². The number of rotatable bonds is 6. The summed E-state index contributed by atoms with van der Waals surface area (Å²) in [5, 5.41) is 0. The second kappa shape index (κ2) is 7.60. The molecule has 0 amide bonds. The number of allylic oxidation sites excluding steroid dienone is 3. The fourth-order valence-corrected chi connectivity index (χ4v) is 3.69. The van der Waals surface area contributed by atoms with Gasteiger partial charge in [-0.1, -0.05) is 19.9 Å². The molecule has 2 heteroatoms. The maximum absolute atomic E-state index is 5.98. The van der Waals surface area contributed by atoms with Gasteiger partial charge >= 0.3 is 0 Å². The third-order valence-electron chi connectivity index (χ3n) is 4.81. The minimum atomic E-state index is -0.470. The Morgan fingerprint density at radius 3 is 2.38 bits per heavy atom. The van der Waals surface area contributed by atoms with Crippen molar-refractivity contribution in [1.29, 1.82) is 0 Å². The summed E-state index contributed by atoms with van der Waals surface area (Å²) in [4.78, 5) is 0. The highest BCUT2D eigenvalue weighted by Gasteiger charge is 2.33. The normalized spacial score (nSPS) is 25.7. The molecule has 1 unspecified atom stereocenters. The van der Waals surface area contributed by atoms with E-state index in [1.807, 2.05) is 0 Å². The van der Waals surface area contributed by atoms with E-state index in [9.17, 15) is 0 Å². The smallest absolute Gasteiger partial charge is 0.188 e. The van der Waals surface area contributed by atoms with Crippen molar-refractivity contribution in [2.45, 2.75) is 72.0 Å². The van der Waals surface area contributed by atoms with E-state index < -0.39 is 5.79 Å². The van der Waals surface area contributed by atoms with E-state index in [2.05, 4.69) is 39.8 Å². The summed E-state index contributed by atoms with van der Waals surface area (Å²) in [6.07, 6.45) is 12.0. The molecule has 2 aliphatic carbocycles. The molecular formula is C19H32O2. The first-order chi connectivity index (χ1) is 10.1. The van der Waals surface area contributed by atoms with Crippen LogP contribution in [0.3, 0.4) is 0 Å². The maximum atomic E-state index is 5.98. The molecule has 0 saturated heterocycles. The Kier molecular flexibility index (Phi) is 6.07. The Morgan fingerprint density at radius 1 is 1.10 bits per heavy atom. The largest absolute Gasteiger partial charge is 0.347 e. The van der Waals surface area contributed by atoms with Gasteiger partial charge in [-0.05, 0) is 75.0 Å². The van der Waals surface area contributed by atoms with Crippen molar-refractivity contribution in [2.24, 2.45) is 11.8 Å². The van der Waals surface area contributed by atoms with E-state index in [4.69, 9.17) is 9.47 Å². The molecule has 0 fully saturated rings. The predicted molar refractivity (Wildman–Crippen MR) is 88.2 cm³/mol. The van der Waals surface area contributed by atoms with E-state index in [0.717, 1.165) is 24.7 Å². The first kappa shape index (κ1) is 16.8. The van der Waals surface area contributed by atoms with E-state index in [0.29, 0.717) is 13.2 Å². The molecule has 21 heavy (non-hydrogen) atoms. The van der Waals surface area contributed by atoms with Crippen LogP contribution in [0.2, 0.25) is 0 Å². The molecule has 120 valence electrons. The number of ether oxygens (including phenoxy) is 2. The monoisotopic (exact) mass is 292 g/mol.